The third-order valence-electron chi connectivity index (χ3n) is 6.76. The second-order valence-corrected chi connectivity index (χ2v) is 8.73. The molecule has 4 heterocycles. The van der Waals surface area contributed by atoms with E-state index in [1.54, 1.807) is 0 Å². The van der Waals surface area contributed by atoms with E-state index < -0.39 is 0 Å². The number of piperazine rings is 1. The molecule has 8 heteroatoms. The van der Waals surface area contributed by atoms with Gasteiger partial charge in [0, 0.05) is 37.9 Å². The minimum atomic E-state index is 0.500. The standard InChI is InChI=1S/C23H28N8/c1-2-4-18(3-1)31-22-17(14-27-31)6-5-16-13-26-23(29-21(16)22)28-20-8-7-19(15-25-20)30-11-9-24-10-12-30/h7-8,13-15,18,24H,1-6,9-12H2,(H,25,26,28,29). The molecule has 6 rings (SSSR count). The van der Waals surface area contributed by atoms with Crippen LogP contribution >= 0.6 is 0 Å². The van der Waals surface area contributed by atoms with Gasteiger partial charge in [-0.2, -0.15) is 5.10 Å². The topological polar surface area (TPSA) is 83.8 Å². The first-order chi connectivity index (χ1) is 15.3. The second-order valence-electron chi connectivity index (χ2n) is 8.73. The molecule has 3 aliphatic rings. The van der Waals surface area contributed by atoms with Crippen LogP contribution in [0.5, 0.6) is 0 Å². The Morgan fingerprint density at radius 2 is 1.77 bits per heavy atom. The molecule has 0 spiro atoms. The van der Waals surface area contributed by atoms with E-state index in [9.17, 15) is 0 Å². The molecular formula is C23H28N8. The van der Waals surface area contributed by atoms with Crippen molar-refractivity contribution in [3.63, 3.8) is 0 Å². The largest absolute Gasteiger partial charge is 0.368 e. The molecule has 1 saturated heterocycles. The average molecular weight is 417 g/mol. The second kappa shape index (κ2) is 7.92. The Hall–Kier alpha value is -3.00. The summed E-state index contributed by atoms with van der Waals surface area (Å²) in [5.74, 6) is 1.35. The van der Waals surface area contributed by atoms with Crippen molar-refractivity contribution in [2.24, 2.45) is 0 Å². The van der Waals surface area contributed by atoms with E-state index in [1.165, 1.54) is 42.5 Å². The molecule has 0 unspecified atom stereocenters. The normalized spacial score (nSPS) is 18.6. The predicted octanol–water partition coefficient (Wildman–Crippen LogP) is 3.10. The van der Waals surface area contributed by atoms with Crippen molar-refractivity contribution < 1.29 is 0 Å². The van der Waals surface area contributed by atoms with Gasteiger partial charge in [0.05, 0.1) is 35.5 Å². The molecule has 0 aromatic carbocycles. The minimum Gasteiger partial charge on any atom is -0.368 e. The van der Waals surface area contributed by atoms with Crippen LogP contribution in [0.3, 0.4) is 0 Å². The summed E-state index contributed by atoms with van der Waals surface area (Å²) in [5.41, 5.74) is 5.90. The Kier molecular flexibility index (Phi) is 4.79. The van der Waals surface area contributed by atoms with E-state index >= 15 is 0 Å². The fourth-order valence-electron chi connectivity index (χ4n) is 5.08. The zero-order chi connectivity index (χ0) is 20.6. The smallest absolute Gasteiger partial charge is 0.228 e. The number of nitrogens with one attached hydrogen (secondary N) is 2. The number of nitrogens with zero attached hydrogens (tertiary/aromatic N) is 6. The van der Waals surface area contributed by atoms with Crippen LogP contribution in [0, 0.1) is 0 Å². The molecule has 2 N–H and O–H groups in total. The van der Waals surface area contributed by atoms with Crippen molar-refractivity contribution in [2.45, 2.75) is 44.6 Å². The number of fused-ring (bicyclic) bond motifs is 3. The maximum Gasteiger partial charge on any atom is 0.228 e. The van der Waals surface area contributed by atoms with Crippen molar-refractivity contribution in [1.82, 2.24) is 30.0 Å². The predicted molar refractivity (Wildman–Crippen MR) is 121 cm³/mol. The molecule has 0 atom stereocenters. The van der Waals surface area contributed by atoms with E-state index in [2.05, 4.69) is 36.2 Å². The molecule has 3 aromatic rings. The number of pyridine rings is 1. The van der Waals surface area contributed by atoms with E-state index in [1.807, 2.05) is 24.7 Å². The lowest BCUT2D eigenvalue weighted by atomic mass is 9.95. The number of aryl methyl sites for hydroxylation is 2. The van der Waals surface area contributed by atoms with Crippen LogP contribution in [0.1, 0.15) is 42.9 Å². The van der Waals surface area contributed by atoms with E-state index in [0.29, 0.717) is 12.0 Å². The summed E-state index contributed by atoms with van der Waals surface area (Å²) < 4.78 is 2.23. The molecule has 2 fully saturated rings. The van der Waals surface area contributed by atoms with E-state index in [0.717, 1.165) is 56.2 Å². The number of hydrogen-bond donors (Lipinski definition) is 2. The Balaban J connectivity index is 1.26. The summed E-state index contributed by atoms with van der Waals surface area (Å²) in [6.45, 7) is 4.06. The SMILES string of the molecule is c1cc(Nc2ncc3c(n2)-c2c(cnn2C2CCCC2)CC3)ncc1N1CCNCC1. The minimum absolute atomic E-state index is 0.500. The van der Waals surface area contributed by atoms with Crippen LogP contribution in [0.25, 0.3) is 11.4 Å². The summed E-state index contributed by atoms with van der Waals surface area (Å²) in [5, 5.41) is 11.4. The summed E-state index contributed by atoms with van der Waals surface area (Å²) in [7, 11) is 0. The molecule has 3 aromatic heterocycles. The Labute approximate surface area is 182 Å². The first kappa shape index (κ1) is 18.7. The maximum absolute atomic E-state index is 4.92. The van der Waals surface area contributed by atoms with Crippen LogP contribution in [-0.2, 0) is 12.8 Å². The van der Waals surface area contributed by atoms with Gasteiger partial charge in [-0.25, -0.2) is 15.0 Å². The maximum atomic E-state index is 4.92. The van der Waals surface area contributed by atoms with Crippen LogP contribution in [0.15, 0.2) is 30.7 Å². The zero-order valence-corrected chi connectivity index (χ0v) is 17.7. The highest BCUT2D eigenvalue weighted by Crippen LogP contribution is 2.38. The molecule has 0 amide bonds. The van der Waals surface area contributed by atoms with E-state index in [-0.39, 0.29) is 0 Å². The summed E-state index contributed by atoms with van der Waals surface area (Å²) >= 11 is 0. The fraction of sp³-hybridized carbons (Fsp3) is 0.478. The van der Waals surface area contributed by atoms with Gasteiger partial charge in [-0.05, 0) is 43.4 Å². The summed E-state index contributed by atoms with van der Waals surface area (Å²) in [6.07, 6.45) is 12.9. The van der Waals surface area contributed by atoms with Crippen molar-refractivity contribution in [3.8, 4) is 11.4 Å². The average Bonchev–Trinajstić information content (AvgIpc) is 3.50. The highest BCUT2D eigenvalue weighted by atomic mass is 15.3. The first-order valence-corrected chi connectivity index (χ1v) is 11.5. The molecule has 2 aliphatic carbocycles. The lowest BCUT2D eigenvalue weighted by Crippen LogP contribution is -2.43. The first-order valence-electron chi connectivity index (χ1n) is 11.5. The van der Waals surface area contributed by atoms with Gasteiger partial charge in [-0.1, -0.05) is 12.8 Å². The van der Waals surface area contributed by atoms with Crippen molar-refractivity contribution in [2.75, 3.05) is 36.4 Å². The van der Waals surface area contributed by atoms with Gasteiger partial charge in [-0.15, -0.1) is 0 Å². The molecule has 31 heavy (non-hydrogen) atoms. The van der Waals surface area contributed by atoms with Crippen molar-refractivity contribution in [1.29, 1.82) is 0 Å². The summed E-state index contributed by atoms with van der Waals surface area (Å²) in [6, 6.07) is 4.63. The van der Waals surface area contributed by atoms with Gasteiger partial charge in [0.15, 0.2) is 0 Å². The van der Waals surface area contributed by atoms with Crippen LogP contribution in [0.4, 0.5) is 17.5 Å². The van der Waals surface area contributed by atoms with Crippen LogP contribution in [0.2, 0.25) is 0 Å². The highest BCUT2D eigenvalue weighted by molar-refractivity contribution is 5.67. The van der Waals surface area contributed by atoms with Crippen LogP contribution < -0.4 is 15.5 Å². The van der Waals surface area contributed by atoms with Crippen LogP contribution in [-0.4, -0.2) is 50.9 Å². The molecule has 0 radical (unpaired) electrons. The Morgan fingerprint density at radius 3 is 2.58 bits per heavy atom. The molecule has 1 aliphatic heterocycles. The molecular weight excluding hydrogens is 388 g/mol. The van der Waals surface area contributed by atoms with Gasteiger partial charge in [0.25, 0.3) is 0 Å². The molecule has 1 saturated carbocycles. The zero-order valence-electron chi connectivity index (χ0n) is 17.7. The molecule has 160 valence electrons. The highest BCUT2D eigenvalue weighted by Gasteiger charge is 2.28. The van der Waals surface area contributed by atoms with Gasteiger partial charge in [-0.3, -0.25) is 4.68 Å². The van der Waals surface area contributed by atoms with Crippen molar-refractivity contribution >= 4 is 17.5 Å². The molecule has 8 nitrogen and oxygen atoms in total. The third kappa shape index (κ3) is 3.54. The number of aromatic nitrogens is 5. The van der Waals surface area contributed by atoms with Gasteiger partial charge < -0.3 is 15.5 Å². The number of rotatable bonds is 4. The number of anilines is 3. The fourth-order valence-corrected chi connectivity index (χ4v) is 5.08. The lowest BCUT2D eigenvalue weighted by Gasteiger charge is -2.29. The number of hydrogen-bond acceptors (Lipinski definition) is 7. The Morgan fingerprint density at radius 1 is 0.935 bits per heavy atom. The quantitative estimate of drug-likeness (QED) is 0.676. The van der Waals surface area contributed by atoms with Gasteiger partial charge in [0.1, 0.15) is 5.82 Å². The van der Waals surface area contributed by atoms with Gasteiger partial charge >= 0.3 is 0 Å². The van der Waals surface area contributed by atoms with Gasteiger partial charge in [0.2, 0.25) is 5.95 Å². The monoisotopic (exact) mass is 416 g/mol. The lowest BCUT2D eigenvalue weighted by molar-refractivity contribution is 0.470. The third-order valence-corrected chi connectivity index (χ3v) is 6.76. The Bertz CT molecular complexity index is 1060. The summed E-state index contributed by atoms with van der Waals surface area (Å²) in [4.78, 5) is 16.5. The van der Waals surface area contributed by atoms with Crippen molar-refractivity contribution in [3.05, 3.63) is 41.9 Å². The van der Waals surface area contributed by atoms with E-state index in [4.69, 9.17) is 10.1 Å². The molecule has 0 bridgehead atoms.